The lowest BCUT2D eigenvalue weighted by Crippen LogP contribution is -2.51. The van der Waals surface area contributed by atoms with Crippen LogP contribution < -0.4 is 15.0 Å². The fourth-order valence-electron chi connectivity index (χ4n) is 5.04. The van der Waals surface area contributed by atoms with E-state index in [0.717, 1.165) is 31.3 Å². The zero-order valence-electron chi connectivity index (χ0n) is 17.8. The number of nitrogens with one attached hydrogen (secondary N) is 1. The normalized spacial score (nSPS) is 20.0. The van der Waals surface area contributed by atoms with Crippen molar-refractivity contribution in [2.75, 3.05) is 25.1 Å². The molecule has 2 atom stereocenters. The van der Waals surface area contributed by atoms with Crippen molar-refractivity contribution < 1.29 is 14.2 Å². The maximum absolute atomic E-state index is 16.0. The Morgan fingerprint density at radius 1 is 1.15 bits per heavy atom. The maximum atomic E-state index is 16.0. The minimum Gasteiger partial charge on any atom is -0.506 e. The molecule has 2 N–H and O–H groups in total. The summed E-state index contributed by atoms with van der Waals surface area (Å²) in [7, 11) is 1.46. The van der Waals surface area contributed by atoms with E-state index in [1.807, 2.05) is 24.3 Å². The zero-order valence-corrected chi connectivity index (χ0v) is 18.6. The van der Waals surface area contributed by atoms with E-state index >= 15 is 4.39 Å². The Kier molecular flexibility index (Phi) is 4.74. The zero-order chi connectivity index (χ0) is 22.7. The molecule has 0 radical (unpaired) electrons. The number of aromatic nitrogens is 3. The van der Waals surface area contributed by atoms with Gasteiger partial charge in [-0.15, -0.1) is 0 Å². The van der Waals surface area contributed by atoms with Crippen LogP contribution >= 0.6 is 11.6 Å². The van der Waals surface area contributed by atoms with Gasteiger partial charge in [-0.3, -0.25) is 4.98 Å². The Labute approximate surface area is 194 Å². The average Bonchev–Trinajstić information content (AvgIpc) is 3.17. The molecule has 0 spiro atoms. The fourth-order valence-corrected chi connectivity index (χ4v) is 5.28. The van der Waals surface area contributed by atoms with Crippen molar-refractivity contribution in [1.82, 2.24) is 20.3 Å². The third-order valence-corrected chi connectivity index (χ3v) is 6.93. The van der Waals surface area contributed by atoms with Crippen LogP contribution in [0.25, 0.3) is 32.9 Å². The molecule has 0 aliphatic carbocycles. The number of hydrogen-bond donors (Lipinski definition) is 2. The monoisotopic (exact) mass is 465 g/mol. The van der Waals surface area contributed by atoms with Gasteiger partial charge in [0.05, 0.1) is 17.5 Å². The minimum atomic E-state index is -0.634. The van der Waals surface area contributed by atoms with E-state index < -0.39 is 5.82 Å². The first-order chi connectivity index (χ1) is 16.0. The number of ether oxygens (including phenoxy) is 1. The summed E-state index contributed by atoms with van der Waals surface area (Å²) in [5.74, 6) is -0.158. The van der Waals surface area contributed by atoms with Crippen LogP contribution in [0.4, 0.5) is 10.2 Å². The summed E-state index contributed by atoms with van der Waals surface area (Å²) < 4.78 is 21.4. The molecular formula is C24H21ClFN5O2. The largest absolute Gasteiger partial charge is 0.506 e. The Hall–Kier alpha value is -3.23. The van der Waals surface area contributed by atoms with Crippen LogP contribution in [-0.4, -0.2) is 52.3 Å². The van der Waals surface area contributed by atoms with Gasteiger partial charge < -0.3 is 20.1 Å². The van der Waals surface area contributed by atoms with Gasteiger partial charge in [-0.2, -0.15) is 9.97 Å². The van der Waals surface area contributed by atoms with Gasteiger partial charge >= 0.3 is 6.01 Å². The van der Waals surface area contributed by atoms with Gasteiger partial charge in [0.2, 0.25) is 0 Å². The number of methoxy groups -OCH3 is 1. The minimum absolute atomic E-state index is 0.0201. The van der Waals surface area contributed by atoms with Crippen LogP contribution in [0.1, 0.15) is 12.8 Å². The van der Waals surface area contributed by atoms with Gasteiger partial charge in [0, 0.05) is 36.9 Å². The third kappa shape index (κ3) is 3.24. The molecule has 9 heteroatoms. The number of rotatable bonds is 3. The van der Waals surface area contributed by atoms with Crippen LogP contribution in [0.15, 0.2) is 36.5 Å². The standard InChI is InChI=1S/C24H21ClFN5O2/c1-33-24-29-21-16(23(30-24)31-10-13-6-7-14(11-31)28-13)9-27-22(20(21)26)18-15-5-3-2-4-12(15)8-17(32)19(18)25/h2-5,8-9,13-14,28,32H,6-7,10-11H2,1H3. The summed E-state index contributed by atoms with van der Waals surface area (Å²) in [6, 6.07) is 9.74. The number of hydrogen-bond acceptors (Lipinski definition) is 7. The second-order valence-corrected chi connectivity index (χ2v) is 8.94. The highest BCUT2D eigenvalue weighted by atomic mass is 35.5. The van der Waals surface area contributed by atoms with Crippen molar-refractivity contribution in [2.45, 2.75) is 24.9 Å². The van der Waals surface area contributed by atoms with E-state index in [2.05, 4.69) is 25.2 Å². The quantitative estimate of drug-likeness (QED) is 0.467. The van der Waals surface area contributed by atoms with Crippen LogP contribution in [-0.2, 0) is 0 Å². The van der Waals surface area contributed by atoms with E-state index in [9.17, 15) is 5.11 Å². The summed E-state index contributed by atoms with van der Waals surface area (Å²) >= 11 is 6.45. The molecule has 6 rings (SSSR count). The highest BCUT2D eigenvalue weighted by Crippen LogP contribution is 2.42. The first kappa shape index (κ1) is 20.4. The smallest absolute Gasteiger partial charge is 0.318 e. The lowest BCUT2D eigenvalue weighted by atomic mass is 10.00. The summed E-state index contributed by atoms with van der Waals surface area (Å²) in [6.45, 7) is 1.55. The molecule has 2 saturated heterocycles. The van der Waals surface area contributed by atoms with Crippen LogP contribution in [0, 0.1) is 5.82 Å². The maximum Gasteiger partial charge on any atom is 0.318 e. The SMILES string of the molecule is COc1nc(N2CC3CCC(C2)N3)c2cnc(-c3c(Cl)c(O)cc4ccccc34)c(F)c2n1. The van der Waals surface area contributed by atoms with E-state index in [0.29, 0.717) is 34.2 Å². The second-order valence-electron chi connectivity index (χ2n) is 8.57. The van der Waals surface area contributed by atoms with Crippen molar-refractivity contribution in [3.63, 3.8) is 0 Å². The van der Waals surface area contributed by atoms with E-state index in [4.69, 9.17) is 16.3 Å². The molecule has 2 aliphatic rings. The second kappa shape index (κ2) is 7.67. The molecule has 33 heavy (non-hydrogen) atoms. The number of nitrogens with zero attached hydrogens (tertiary/aromatic N) is 4. The number of halogens is 2. The molecule has 4 aromatic rings. The van der Waals surface area contributed by atoms with Gasteiger partial charge in [0.25, 0.3) is 0 Å². The lowest BCUT2D eigenvalue weighted by molar-refractivity contribution is 0.380. The molecule has 2 unspecified atom stereocenters. The molecule has 2 aliphatic heterocycles. The molecule has 4 heterocycles. The Morgan fingerprint density at radius 2 is 1.91 bits per heavy atom. The van der Waals surface area contributed by atoms with Crippen molar-refractivity contribution >= 4 is 39.1 Å². The molecule has 2 aromatic heterocycles. The van der Waals surface area contributed by atoms with Gasteiger partial charge in [-0.25, -0.2) is 4.39 Å². The van der Waals surface area contributed by atoms with Crippen molar-refractivity contribution in [2.24, 2.45) is 0 Å². The summed E-state index contributed by atoms with van der Waals surface area (Å²) in [4.78, 5) is 15.5. The predicted molar refractivity (Wildman–Crippen MR) is 126 cm³/mol. The van der Waals surface area contributed by atoms with Crippen molar-refractivity contribution in [3.8, 4) is 23.0 Å². The Bertz CT molecular complexity index is 1400. The highest BCUT2D eigenvalue weighted by Gasteiger charge is 2.34. The Balaban J connectivity index is 1.58. The first-order valence-electron chi connectivity index (χ1n) is 10.8. The molecule has 2 bridgehead atoms. The molecule has 0 saturated carbocycles. The molecular weight excluding hydrogens is 445 g/mol. The number of pyridine rings is 1. The van der Waals surface area contributed by atoms with Gasteiger partial charge in [-0.1, -0.05) is 35.9 Å². The summed E-state index contributed by atoms with van der Waals surface area (Å²) in [5.41, 5.74) is 0.453. The van der Waals surface area contributed by atoms with Gasteiger partial charge in [0.15, 0.2) is 5.82 Å². The fraction of sp³-hybridized carbons (Fsp3) is 0.292. The number of fused-ring (bicyclic) bond motifs is 4. The molecule has 7 nitrogen and oxygen atoms in total. The number of phenols is 1. The predicted octanol–water partition coefficient (Wildman–Crippen LogP) is 4.29. The van der Waals surface area contributed by atoms with E-state index in [1.54, 1.807) is 12.3 Å². The van der Waals surface area contributed by atoms with Crippen molar-refractivity contribution in [1.29, 1.82) is 0 Å². The summed E-state index contributed by atoms with van der Waals surface area (Å²) in [6.07, 6.45) is 3.81. The number of benzene rings is 2. The van der Waals surface area contributed by atoms with Crippen LogP contribution in [0.2, 0.25) is 5.02 Å². The van der Waals surface area contributed by atoms with E-state index in [-0.39, 0.29) is 28.0 Å². The van der Waals surface area contributed by atoms with Crippen LogP contribution in [0.3, 0.4) is 0 Å². The first-order valence-corrected chi connectivity index (χ1v) is 11.2. The summed E-state index contributed by atoms with van der Waals surface area (Å²) in [5, 5.41) is 15.9. The highest BCUT2D eigenvalue weighted by molar-refractivity contribution is 6.36. The van der Waals surface area contributed by atoms with Crippen molar-refractivity contribution in [3.05, 3.63) is 47.4 Å². The van der Waals surface area contributed by atoms with Gasteiger partial charge in [0.1, 0.15) is 22.8 Å². The average molecular weight is 466 g/mol. The molecule has 168 valence electrons. The number of aromatic hydroxyl groups is 1. The topological polar surface area (TPSA) is 83.4 Å². The molecule has 0 amide bonds. The number of anilines is 1. The molecule has 2 aromatic carbocycles. The Morgan fingerprint density at radius 3 is 2.67 bits per heavy atom. The number of phenolic OH excluding ortho intramolecular Hbond substituents is 1. The van der Waals surface area contributed by atoms with Crippen LogP contribution in [0.5, 0.6) is 11.8 Å². The third-order valence-electron chi connectivity index (χ3n) is 6.55. The lowest BCUT2D eigenvalue weighted by Gasteiger charge is -2.34. The number of piperazine rings is 1. The van der Waals surface area contributed by atoms with E-state index in [1.165, 1.54) is 7.11 Å². The van der Waals surface area contributed by atoms with Gasteiger partial charge in [-0.05, 0) is 29.7 Å². The molecule has 2 fully saturated rings.